The Bertz CT molecular complexity index is 523. The second-order valence-electron chi connectivity index (χ2n) is 5.98. The Morgan fingerprint density at radius 2 is 2.24 bits per heavy atom. The highest BCUT2D eigenvalue weighted by Gasteiger charge is 2.21. The summed E-state index contributed by atoms with van der Waals surface area (Å²) < 4.78 is 0. The smallest absolute Gasteiger partial charge is 0.0534 e. The maximum Gasteiger partial charge on any atom is 0.0534 e. The Kier molecular flexibility index (Phi) is 4.68. The largest absolute Gasteiger partial charge is 0.306 e. The highest BCUT2D eigenvalue weighted by Crippen LogP contribution is 2.17. The maximum atomic E-state index is 4.03. The number of piperidine rings is 1. The van der Waals surface area contributed by atoms with Crippen LogP contribution in [0.4, 0.5) is 0 Å². The van der Waals surface area contributed by atoms with Crippen molar-refractivity contribution in [3.05, 3.63) is 53.9 Å². The van der Waals surface area contributed by atoms with Gasteiger partial charge in [0, 0.05) is 36.9 Å². The van der Waals surface area contributed by atoms with E-state index in [-0.39, 0.29) is 0 Å². The molecule has 1 aliphatic heterocycles. The van der Waals surface area contributed by atoms with Gasteiger partial charge in [0.05, 0.1) is 6.20 Å². The average Bonchev–Trinajstić information content (AvgIpc) is 3.03. The van der Waals surface area contributed by atoms with E-state index in [9.17, 15) is 0 Å². The summed E-state index contributed by atoms with van der Waals surface area (Å²) >= 11 is 0. The minimum atomic E-state index is 0.352. The molecule has 0 amide bonds. The predicted octanol–water partition coefficient (Wildman–Crippen LogP) is 2.72. The molecule has 21 heavy (non-hydrogen) atoms. The lowest BCUT2D eigenvalue weighted by molar-refractivity contribution is 0.177. The average molecular weight is 284 g/mol. The zero-order valence-corrected chi connectivity index (χ0v) is 12.6. The van der Waals surface area contributed by atoms with Crippen LogP contribution in [0.3, 0.4) is 0 Å². The molecule has 1 aromatic carbocycles. The fraction of sp³-hybridized carbons (Fsp3) is 0.471. The summed E-state index contributed by atoms with van der Waals surface area (Å²) in [5.41, 5.74) is 2.64. The van der Waals surface area contributed by atoms with E-state index in [2.05, 4.69) is 57.7 Å². The summed E-state index contributed by atoms with van der Waals surface area (Å²) in [5, 5.41) is 10.7. The fourth-order valence-corrected chi connectivity index (χ4v) is 3.12. The molecule has 1 aliphatic rings. The van der Waals surface area contributed by atoms with E-state index in [0.29, 0.717) is 12.1 Å². The van der Waals surface area contributed by atoms with E-state index >= 15 is 0 Å². The van der Waals surface area contributed by atoms with Crippen molar-refractivity contribution in [2.24, 2.45) is 0 Å². The number of nitrogens with one attached hydrogen (secondary N) is 2. The first-order chi connectivity index (χ1) is 10.3. The van der Waals surface area contributed by atoms with Gasteiger partial charge in [0.2, 0.25) is 0 Å². The van der Waals surface area contributed by atoms with Gasteiger partial charge in [-0.3, -0.25) is 10.00 Å². The van der Waals surface area contributed by atoms with E-state index < -0.39 is 0 Å². The number of H-pyrrole nitrogens is 1. The van der Waals surface area contributed by atoms with Gasteiger partial charge in [-0.05, 0) is 31.9 Å². The first-order valence-corrected chi connectivity index (χ1v) is 7.82. The summed E-state index contributed by atoms with van der Waals surface area (Å²) in [6, 6.07) is 11.7. The van der Waals surface area contributed by atoms with Crippen LogP contribution in [-0.4, -0.2) is 34.2 Å². The molecule has 3 rings (SSSR count). The van der Waals surface area contributed by atoms with Crippen LogP contribution in [0.5, 0.6) is 0 Å². The van der Waals surface area contributed by atoms with Crippen molar-refractivity contribution in [3.63, 3.8) is 0 Å². The number of rotatable bonds is 5. The van der Waals surface area contributed by atoms with Crippen LogP contribution in [0.1, 0.15) is 36.9 Å². The Labute approximate surface area is 126 Å². The minimum Gasteiger partial charge on any atom is -0.306 e. The van der Waals surface area contributed by atoms with Crippen LogP contribution in [0.25, 0.3) is 0 Å². The number of hydrogen-bond donors (Lipinski definition) is 2. The maximum absolute atomic E-state index is 4.03. The van der Waals surface area contributed by atoms with Crippen LogP contribution in [-0.2, 0) is 6.54 Å². The number of aromatic nitrogens is 2. The molecular formula is C17H24N4. The van der Waals surface area contributed by atoms with Gasteiger partial charge in [0.25, 0.3) is 0 Å². The lowest BCUT2D eigenvalue weighted by Gasteiger charge is -2.34. The second kappa shape index (κ2) is 6.87. The molecule has 2 unspecified atom stereocenters. The van der Waals surface area contributed by atoms with Gasteiger partial charge in [-0.2, -0.15) is 5.10 Å². The van der Waals surface area contributed by atoms with E-state index in [4.69, 9.17) is 0 Å². The Morgan fingerprint density at radius 3 is 3.00 bits per heavy atom. The third-order valence-corrected chi connectivity index (χ3v) is 4.26. The standard InChI is InChI=1S/C17H24N4/c1-14(16-10-18-19-11-16)20-17-8-5-9-21(13-17)12-15-6-3-2-4-7-15/h2-4,6-7,10-11,14,17,20H,5,8-9,12-13H2,1H3,(H,18,19). The summed E-state index contributed by atoms with van der Waals surface area (Å²) in [6.45, 7) is 5.59. The molecule has 0 spiro atoms. The first-order valence-electron chi connectivity index (χ1n) is 7.82. The van der Waals surface area contributed by atoms with Gasteiger partial charge < -0.3 is 5.32 Å². The predicted molar refractivity (Wildman–Crippen MR) is 84.9 cm³/mol. The number of benzene rings is 1. The van der Waals surface area contributed by atoms with Crippen LogP contribution in [0, 0.1) is 0 Å². The van der Waals surface area contributed by atoms with Crippen molar-refractivity contribution >= 4 is 0 Å². The molecule has 2 atom stereocenters. The van der Waals surface area contributed by atoms with E-state index in [1.165, 1.54) is 30.5 Å². The molecule has 1 fully saturated rings. The van der Waals surface area contributed by atoms with E-state index in [1.54, 1.807) is 0 Å². The lowest BCUT2D eigenvalue weighted by Crippen LogP contribution is -2.45. The van der Waals surface area contributed by atoms with Crippen LogP contribution >= 0.6 is 0 Å². The summed E-state index contributed by atoms with van der Waals surface area (Å²) in [6.07, 6.45) is 6.40. The molecule has 0 saturated carbocycles. The number of hydrogen-bond acceptors (Lipinski definition) is 3. The van der Waals surface area contributed by atoms with Crippen molar-refractivity contribution < 1.29 is 0 Å². The second-order valence-corrected chi connectivity index (χ2v) is 5.98. The first kappa shape index (κ1) is 14.3. The molecule has 4 heteroatoms. The number of aromatic amines is 1. The molecule has 1 saturated heterocycles. The Balaban J connectivity index is 1.53. The Morgan fingerprint density at radius 1 is 1.38 bits per heavy atom. The summed E-state index contributed by atoms with van der Waals surface area (Å²) in [7, 11) is 0. The topological polar surface area (TPSA) is 44.0 Å². The molecule has 0 bridgehead atoms. The molecule has 1 aromatic heterocycles. The summed E-state index contributed by atoms with van der Waals surface area (Å²) in [5.74, 6) is 0. The van der Waals surface area contributed by atoms with Crippen molar-refractivity contribution in [1.29, 1.82) is 0 Å². The van der Waals surface area contributed by atoms with Crippen molar-refractivity contribution in [2.75, 3.05) is 13.1 Å². The van der Waals surface area contributed by atoms with Crippen LogP contribution in [0.2, 0.25) is 0 Å². The summed E-state index contributed by atoms with van der Waals surface area (Å²) in [4.78, 5) is 2.55. The Hall–Kier alpha value is -1.65. The number of likely N-dealkylation sites (tertiary alicyclic amines) is 1. The molecule has 2 N–H and O–H groups in total. The highest BCUT2D eigenvalue weighted by molar-refractivity contribution is 5.14. The lowest BCUT2D eigenvalue weighted by atomic mass is 10.0. The van der Waals surface area contributed by atoms with Crippen molar-refractivity contribution in [1.82, 2.24) is 20.4 Å². The SMILES string of the molecule is CC(NC1CCCN(Cc2ccccc2)C1)c1cn[nH]c1. The van der Waals surface area contributed by atoms with Crippen LogP contribution in [0.15, 0.2) is 42.7 Å². The molecule has 2 heterocycles. The molecule has 0 radical (unpaired) electrons. The van der Waals surface area contributed by atoms with Gasteiger partial charge in [0.1, 0.15) is 0 Å². The molecular weight excluding hydrogens is 260 g/mol. The molecule has 112 valence electrons. The fourth-order valence-electron chi connectivity index (χ4n) is 3.12. The monoisotopic (exact) mass is 284 g/mol. The van der Waals surface area contributed by atoms with Gasteiger partial charge in [-0.15, -0.1) is 0 Å². The van der Waals surface area contributed by atoms with Gasteiger partial charge in [-0.25, -0.2) is 0 Å². The third-order valence-electron chi connectivity index (χ3n) is 4.26. The van der Waals surface area contributed by atoms with E-state index in [0.717, 1.165) is 13.1 Å². The van der Waals surface area contributed by atoms with Crippen molar-refractivity contribution in [3.8, 4) is 0 Å². The zero-order valence-electron chi connectivity index (χ0n) is 12.6. The zero-order chi connectivity index (χ0) is 14.5. The van der Waals surface area contributed by atoms with E-state index in [1.807, 2.05) is 12.4 Å². The number of nitrogens with zero attached hydrogens (tertiary/aromatic N) is 2. The molecule has 4 nitrogen and oxygen atoms in total. The highest BCUT2D eigenvalue weighted by atomic mass is 15.2. The normalized spacial score (nSPS) is 21.3. The molecule has 0 aliphatic carbocycles. The van der Waals surface area contributed by atoms with Crippen LogP contribution < -0.4 is 5.32 Å². The van der Waals surface area contributed by atoms with Gasteiger partial charge >= 0.3 is 0 Å². The van der Waals surface area contributed by atoms with Crippen molar-refractivity contribution in [2.45, 2.75) is 38.4 Å². The minimum absolute atomic E-state index is 0.352. The molecule has 2 aromatic rings. The van der Waals surface area contributed by atoms with Gasteiger partial charge in [0.15, 0.2) is 0 Å². The van der Waals surface area contributed by atoms with Gasteiger partial charge in [-0.1, -0.05) is 30.3 Å². The quantitative estimate of drug-likeness (QED) is 0.887. The third kappa shape index (κ3) is 3.93.